The molecule has 0 spiro atoms. The smallest absolute Gasteiger partial charge is 0.387 e. The largest absolute Gasteiger partial charge is 0.435 e. The molecule has 3 aromatic rings. The number of carbonyl (C=O) groups excluding carboxylic acids is 2. The highest BCUT2D eigenvalue weighted by Crippen LogP contribution is 2.30. The zero-order chi connectivity index (χ0) is 24.8. The van der Waals surface area contributed by atoms with Gasteiger partial charge < -0.3 is 15.0 Å². The summed E-state index contributed by atoms with van der Waals surface area (Å²) < 4.78 is 41.8. The Balaban J connectivity index is 1.24. The molecular weight excluding hydrogens is 479 g/mol. The van der Waals surface area contributed by atoms with Crippen molar-refractivity contribution in [1.29, 1.82) is 0 Å². The molecule has 2 amide bonds. The molecule has 1 aromatic heterocycles. The van der Waals surface area contributed by atoms with Gasteiger partial charge in [0.05, 0.1) is 11.4 Å². The van der Waals surface area contributed by atoms with E-state index in [0.717, 1.165) is 29.0 Å². The van der Waals surface area contributed by atoms with Crippen molar-refractivity contribution in [3.63, 3.8) is 0 Å². The van der Waals surface area contributed by atoms with Crippen LogP contribution in [0.2, 0.25) is 0 Å². The van der Waals surface area contributed by atoms with Crippen LogP contribution in [0.25, 0.3) is 0 Å². The summed E-state index contributed by atoms with van der Waals surface area (Å²) in [6, 6.07) is 12.0. The van der Waals surface area contributed by atoms with Crippen LogP contribution in [0.4, 0.5) is 13.2 Å². The van der Waals surface area contributed by atoms with E-state index in [0.29, 0.717) is 18.8 Å². The molecule has 1 fully saturated rings. The molecule has 0 aliphatic carbocycles. The highest BCUT2D eigenvalue weighted by molar-refractivity contribution is 7.09. The van der Waals surface area contributed by atoms with Gasteiger partial charge >= 0.3 is 6.61 Å². The zero-order valence-electron chi connectivity index (χ0n) is 18.8. The number of likely N-dealkylation sites (tertiary alicyclic amines) is 1. The second kappa shape index (κ2) is 11.4. The van der Waals surface area contributed by atoms with Crippen LogP contribution in [0.5, 0.6) is 5.75 Å². The Morgan fingerprint density at radius 3 is 2.37 bits per heavy atom. The normalized spacial score (nSPS) is 14.2. The van der Waals surface area contributed by atoms with Crippen molar-refractivity contribution in [3.8, 4) is 5.75 Å². The number of halogens is 3. The monoisotopic (exact) mass is 503 g/mol. The first-order valence-corrected chi connectivity index (χ1v) is 12.0. The number of hydrogen-bond acceptors (Lipinski definition) is 5. The molecule has 2 aromatic carbocycles. The van der Waals surface area contributed by atoms with Gasteiger partial charge in [-0.05, 0) is 48.2 Å². The van der Waals surface area contributed by atoms with E-state index in [1.807, 2.05) is 4.90 Å². The van der Waals surface area contributed by atoms with Gasteiger partial charge in [-0.1, -0.05) is 24.3 Å². The van der Waals surface area contributed by atoms with Crippen molar-refractivity contribution in [1.82, 2.24) is 15.2 Å². The Labute approximate surface area is 204 Å². The number of hydrogen-bond donors (Lipinski definition) is 1. The van der Waals surface area contributed by atoms with Crippen LogP contribution < -0.4 is 10.1 Å². The molecule has 1 saturated heterocycles. The van der Waals surface area contributed by atoms with Gasteiger partial charge in [0, 0.05) is 30.9 Å². The quantitative estimate of drug-likeness (QED) is 0.481. The van der Waals surface area contributed by atoms with Crippen LogP contribution in [0.15, 0.2) is 53.9 Å². The second-order valence-corrected chi connectivity index (χ2v) is 9.12. The topological polar surface area (TPSA) is 71.5 Å². The van der Waals surface area contributed by atoms with Crippen LogP contribution in [-0.4, -0.2) is 41.4 Å². The third-order valence-electron chi connectivity index (χ3n) is 5.82. The lowest BCUT2D eigenvalue weighted by molar-refractivity contribution is -0.131. The molecule has 184 valence electrons. The molecular formula is C25H24F3N3O3S. The lowest BCUT2D eigenvalue weighted by Crippen LogP contribution is -2.38. The molecule has 2 heterocycles. The van der Waals surface area contributed by atoms with Crippen LogP contribution in [0.3, 0.4) is 0 Å². The van der Waals surface area contributed by atoms with E-state index in [1.165, 1.54) is 35.6 Å². The molecule has 1 aliphatic heterocycles. The number of amides is 2. The Kier molecular flexibility index (Phi) is 8.02. The molecule has 4 rings (SSSR count). The van der Waals surface area contributed by atoms with Crippen molar-refractivity contribution >= 4 is 23.2 Å². The Morgan fingerprint density at radius 2 is 1.71 bits per heavy atom. The molecule has 0 bridgehead atoms. The molecule has 0 unspecified atom stereocenters. The third-order valence-corrected chi connectivity index (χ3v) is 6.83. The van der Waals surface area contributed by atoms with E-state index in [2.05, 4.69) is 15.0 Å². The van der Waals surface area contributed by atoms with Gasteiger partial charge in [0.2, 0.25) is 5.91 Å². The van der Waals surface area contributed by atoms with E-state index < -0.39 is 6.61 Å². The SMILES string of the molecule is O=C(NCc1ccc(OC(F)F)cc1)c1csc(C2CCN(C(=O)Cc3ccc(F)cc3)CC2)n1. The maximum atomic E-state index is 13.1. The summed E-state index contributed by atoms with van der Waals surface area (Å²) in [5.74, 6) is -0.383. The van der Waals surface area contributed by atoms with Gasteiger partial charge in [0.1, 0.15) is 17.3 Å². The highest BCUT2D eigenvalue weighted by atomic mass is 32.1. The van der Waals surface area contributed by atoms with E-state index in [9.17, 15) is 22.8 Å². The molecule has 0 saturated carbocycles. The Morgan fingerprint density at radius 1 is 1.06 bits per heavy atom. The number of piperidine rings is 1. The zero-order valence-corrected chi connectivity index (χ0v) is 19.6. The van der Waals surface area contributed by atoms with Crippen LogP contribution in [0.1, 0.15) is 45.4 Å². The summed E-state index contributed by atoms with van der Waals surface area (Å²) in [5, 5.41) is 5.37. The summed E-state index contributed by atoms with van der Waals surface area (Å²) in [6.07, 6.45) is 1.77. The van der Waals surface area contributed by atoms with Gasteiger partial charge in [-0.3, -0.25) is 9.59 Å². The highest BCUT2D eigenvalue weighted by Gasteiger charge is 2.26. The maximum absolute atomic E-state index is 13.1. The first-order valence-electron chi connectivity index (χ1n) is 11.2. The van der Waals surface area contributed by atoms with Crippen molar-refractivity contribution in [3.05, 3.63) is 81.6 Å². The van der Waals surface area contributed by atoms with Gasteiger partial charge in [-0.2, -0.15) is 8.78 Å². The Hall–Kier alpha value is -3.40. The minimum Gasteiger partial charge on any atom is -0.435 e. The van der Waals surface area contributed by atoms with Crippen molar-refractivity contribution in [2.24, 2.45) is 0 Å². The fraction of sp³-hybridized carbons (Fsp3) is 0.320. The number of carbonyl (C=O) groups is 2. The van der Waals surface area contributed by atoms with Gasteiger partial charge in [0.15, 0.2) is 0 Å². The fourth-order valence-corrected chi connectivity index (χ4v) is 4.88. The minimum absolute atomic E-state index is 0.0167. The van der Waals surface area contributed by atoms with E-state index >= 15 is 0 Å². The third kappa shape index (κ3) is 6.82. The maximum Gasteiger partial charge on any atom is 0.387 e. The average molecular weight is 504 g/mol. The predicted octanol–water partition coefficient (Wildman–Crippen LogP) is 4.76. The number of alkyl halides is 2. The van der Waals surface area contributed by atoms with Gasteiger partial charge in [-0.25, -0.2) is 9.37 Å². The average Bonchev–Trinajstić information content (AvgIpc) is 3.35. The first-order chi connectivity index (χ1) is 16.9. The summed E-state index contributed by atoms with van der Waals surface area (Å²) in [6.45, 7) is -1.43. The minimum atomic E-state index is -2.88. The summed E-state index contributed by atoms with van der Waals surface area (Å²) in [5.41, 5.74) is 1.86. The number of thiazole rings is 1. The summed E-state index contributed by atoms with van der Waals surface area (Å²) in [4.78, 5) is 31.4. The first kappa shape index (κ1) is 24.7. The van der Waals surface area contributed by atoms with Gasteiger partial charge in [-0.15, -0.1) is 11.3 Å². The lowest BCUT2D eigenvalue weighted by Gasteiger charge is -2.31. The molecule has 35 heavy (non-hydrogen) atoms. The van der Waals surface area contributed by atoms with E-state index in [4.69, 9.17) is 0 Å². The molecule has 10 heteroatoms. The van der Waals surface area contributed by atoms with Crippen molar-refractivity contribution in [2.45, 2.75) is 38.3 Å². The molecule has 0 atom stereocenters. The molecule has 6 nitrogen and oxygen atoms in total. The number of benzene rings is 2. The number of nitrogens with zero attached hydrogens (tertiary/aromatic N) is 2. The predicted molar refractivity (Wildman–Crippen MR) is 125 cm³/mol. The standard InChI is InChI=1S/C25H24F3N3O3S/c26-19-5-1-16(2-6-19)13-22(32)31-11-9-18(10-12-31)24-30-21(15-35-24)23(33)29-14-17-3-7-20(8-4-17)34-25(27)28/h1-8,15,18,25H,9-14H2,(H,29,33). The van der Waals surface area contributed by atoms with Crippen LogP contribution in [-0.2, 0) is 17.8 Å². The molecule has 1 N–H and O–H groups in total. The molecule has 0 radical (unpaired) electrons. The Bertz CT molecular complexity index is 1140. The number of aromatic nitrogens is 1. The van der Waals surface area contributed by atoms with Gasteiger partial charge in [0.25, 0.3) is 5.91 Å². The summed E-state index contributed by atoms with van der Waals surface area (Å²) in [7, 11) is 0. The lowest BCUT2D eigenvalue weighted by atomic mass is 9.97. The number of rotatable bonds is 8. The fourth-order valence-electron chi connectivity index (χ4n) is 3.91. The van der Waals surface area contributed by atoms with Crippen LogP contribution in [0, 0.1) is 5.82 Å². The second-order valence-electron chi connectivity index (χ2n) is 8.23. The number of nitrogens with one attached hydrogen (secondary N) is 1. The van der Waals surface area contributed by atoms with Crippen molar-refractivity contribution in [2.75, 3.05) is 13.1 Å². The summed E-state index contributed by atoms with van der Waals surface area (Å²) >= 11 is 1.43. The number of ether oxygens (including phenoxy) is 1. The van der Waals surface area contributed by atoms with Crippen molar-refractivity contribution < 1.29 is 27.5 Å². The van der Waals surface area contributed by atoms with E-state index in [1.54, 1.807) is 29.6 Å². The molecule has 1 aliphatic rings. The van der Waals surface area contributed by atoms with Crippen LogP contribution >= 0.6 is 11.3 Å². The van der Waals surface area contributed by atoms with E-state index in [-0.39, 0.29) is 42.3 Å².